The zero-order valence-corrected chi connectivity index (χ0v) is 13.3. The lowest BCUT2D eigenvalue weighted by atomic mass is 10.1. The van der Waals surface area contributed by atoms with E-state index >= 15 is 0 Å². The number of nitro benzene ring substituents is 1. The summed E-state index contributed by atoms with van der Waals surface area (Å²) < 4.78 is 5.19. The second kappa shape index (κ2) is 7.87. The van der Waals surface area contributed by atoms with Gasteiger partial charge in [-0.25, -0.2) is 4.79 Å². The first-order chi connectivity index (χ1) is 11.9. The van der Waals surface area contributed by atoms with E-state index in [-0.39, 0.29) is 11.5 Å². The van der Waals surface area contributed by atoms with Crippen LogP contribution in [0.3, 0.4) is 0 Å². The van der Waals surface area contributed by atoms with Gasteiger partial charge in [-0.2, -0.15) is 0 Å². The summed E-state index contributed by atoms with van der Waals surface area (Å²) in [4.78, 5) is 32.9. The Morgan fingerprint density at radius 1 is 1.12 bits per heavy atom. The number of rotatable bonds is 7. The molecule has 25 heavy (non-hydrogen) atoms. The fourth-order valence-corrected chi connectivity index (χ4v) is 1.93. The molecule has 0 amide bonds. The van der Waals surface area contributed by atoms with Gasteiger partial charge in [-0.3, -0.25) is 14.9 Å². The maximum absolute atomic E-state index is 12.1. The second-order valence-corrected chi connectivity index (χ2v) is 5.17. The van der Waals surface area contributed by atoms with E-state index in [1.54, 1.807) is 18.2 Å². The predicted molar refractivity (Wildman–Crippen MR) is 90.6 cm³/mol. The molecule has 1 atom stereocenters. The number of aliphatic carboxylic acids is 1. The number of nitro groups is 1. The number of allylic oxidation sites excluding steroid dienone is 1. The molecular weight excluding hydrogens is 326 g/mol. The molecule has 0 aliphatic rings. The molecule has 2 aromatic rings. The molecule has 0 saturated carbocycles. The summed E-state index contributed by atoms with van der Waals surface area (Å²) in [6.07, 6.45) is 1.93. The number of carboxylic acid groups (broad SMARTS) is 1. The predicted octanol–water partition coefficient (Wildman–Crippen LogP) is 3.34. The molecule has 7 nitrogen and oxygen atoms in total. The summed E-state index contributed by atoms with van der Waals surface area (Å²) >= 11 is 0. The van der Waals surface area contributed by atoms with Crippen molar-refractivity contribution in [2.45, 2.75) is 13.0 Å². The largest absolute Gasteiger partial charge is 0.479 e. The molecule has 2 aromatic carbocycles. The van der Waals surface area contributed by atoms with E-state index in [0.29, 0.717) is 16.9 Å². The maximum atomic E-state index is 12.1. The molecule has 0 aromatic heterocycles. The highest BCUT2D eigenvalue weighted by molar-refractivity contribution is 6.06. The van der Waals surface area contributed by atoms with Gasteiger partial charge in [0.25, 0.3) is 5.69 Å². The van der Waals surface area contributed by atoms with Gasteiger partial charge in [-0.05, 0) is 55.0 Å². The third-order valence-electron chi connectivity index (χ3n) is 3.33. The van der Waals surface area contributed by atoms with Crippen LogP contribution in [0.2, 0.25) is 0 Å². The van der Waals surface area contributed by atoms with Crippen LogP contribution in [-0.4, -0.2) is 27.9 Å². The zero-order chi connectivity index (χ0) is 18.4. The van der Waals surface area contributed by atoms with E-state index in [1.807, 2.05) is 0 Å². The number of hydrogen-bond acceptors (Lipinski definition) is 5. The molecule has 0 spiro atoms. The summed E-state index contributed by atoms with van der Waals surface area (Å²) in [6.45, 7) is 1.41. The highest BCUT2D eigenvalue weighted by Crippen LogP contribution is 2.16. The first-order valence-corrected chi connectivity index (χ1v) is 7.33. The van der Waals surface area contributed by atoms with Crippen LogP contribution >= 0.6 is 0 Å². The van der Waals surface area contributed by atoms with Crippen LogP contribution in [0.4, 0.5) is 5.69 Å². The number of non-ortho nitro benzene ring substituents is 1. The SMILES string of the molecule is C[C@H](Oc1ccc(C(=O)/C=C\c2ccc([N+](=O)[O-])cc2)cc1)C(=O)O. The Morgan fingerprint density at radius 2 is 1.72 bits per heavy atom. The Balaban J connectivity index is 2.02. The lowest BCUT2D eigenvalue weighted by Gasteiger charge is -2.10. The van der Waals surface area contributed by atoms with Gasteiger partial charge >= 0.3 is 5.97 Å². The molecule has 128 valence electrons. The van der Waals surface area contributed by atoms with Crippen LogP contribution < -0.4 is 4.74 Å². The lowest BCUT2D eigenvalue weighted by Crippen LogP contribution is -2.22. The number of benzene rings is 2. The summed E-state index contributed by atoms with van der Waals surface area (Å²) in [6, 6.07) is 11.9. The number of carbonyl (C=O) groups is 2. The van der Waals surface area contributed by atoms with Crippen molar-refractivity contribution in [2.75, 3.05) is 0 Å². The summed E-state index contributed by atoms with van der Waals surface area (Å²) in [5, 5.41) is 19.4. The minimum atomic E-state index is -1.08. The van der Waals surface area contributed by atoms with Gasteiger partial charge < -0.3 is 9.84 Å². The molecule has 0 aliphatic heterocycles. The maximum Gasteiger partial charge on any atom is 0.344 e. The number of hydrogen-bond donors (Lipinski definition) is 1. The van der Waals surface area contributed by atoms with Crippen molar-refractivity contribution in [3.05, 3.63) is 75.8 Å². The van der Waals surface area contributed by atoms with Gasteiger partial charge in [0.2, 0.25) is 0 Å². The molecule has 0 bridgehead atoms. The Morgan fingerprint density at radius 3 is 2.24 bits per heavy atom. The second-order valence-electron chi connectivity index (χ2n) is 5.17. The summed E-state index contributed by atoms with van der Waals surface area (Å²) in [7, 11) is 0. The number of carbonyl (C=O) groups excluding carboxylic acids is 1. The van der Waals surface area contributed by atoms with Gasteiger partial charge in [0.15, 0.2) is 11.9 Å². The quantitative estimate of drug-likeness (QED) is 0.358. The molecule has 7 heteroatoms. The highest BCUT2D eigenvalue weighted by Gasteiger charge is 2.12. The smallest absolute Gasteiger partial charge is 0.344 e. The van der Waals surface area contributed by atoms with E-state index in [1.165, 1.54) is 49.4 Å². The molecule has 0 fully saturated rings. The minimum Gasteiger partial charge on any atom is -0.479 e. The summed E-state index contributed by atoms with van der Waals surface area (Å²) in [5.74, 6) is -0.979. The van der Waals surface area contributed by atoms with Gasteiger partial charge in [0, 0.05) is 17.7 Å². The third-order valence-corrected chi connectivity index (χ3v) is 3.33. The molecule has 1 N–H and O–H groups in total. The Bertz CT molecular complexity index is 808. The molecule has 0 saturated heterocycles. The van der Waals surface area contributed by atoms with Crippen LogP contribution in [-0.2, 0) is 4.79 Å². The van der Waals surface area contributed by atoms with Crippen LogP contribution in [0, 0.1) is 10.1 Å². The lowest BCUT2D eigenvalue weighted by molar-refractivity contribution is -0.384. The molecule has 0 aliphatic carbocycles. The Kier molecular flexibility index (Phi) is 5.62. The zero-order valence-electron chi connectivity index (χ0n) is 13.3. The van der Waals surface area contributed by atoms with E-state index in [0.717, 1.165) is 0 Å². The molecule has 0 radical (unpaired) electrons. The van der Waals surface area contributed by atoms with Gasteiger partial charge in [0.05, 0.1) is 4.92 Å². The van der Waals surface area contributed by atoms with Crippen LogP contribution in [0.1, 0.15) is 22.8 Å². The van der Waals surface area contributed by atoms with Gasteiger partial charge in [0.1, 0.15) is 5.75 Å². The molecule has 0 heterocycles. The van der Waals surface area contributed by atoms with E-state index in [9.17, 15) is 19.7 Å². The number of carboxylic acids is 1. The standard InChI is InChI=1S/C18H15NO6/c1-12(18(21)22)25-16-9-5-14(6-10-16)17(20)11-4-13-2-7-15(8-3-13)19(23)24/h2-12H,1H3,(H,21,22)/b11-4-/t12-/m0/s1. The van der Waals surface area contributed by atoms with Crippen molar-refractivity contribution >= 4 is 23.5 Å². The van der Waals surface area contributed by atoms with Crippen LogP contribution in [0.25, 0.3) is 6.08 Å². The Hall–Kier alpha value is -3.48. The first kappa shape index (κ1) is 17.9. The average molecular weight is 341 g/mol. The van der Waals surface area contributed by atoms with Crippen molar-refractivity contribution in [3.8, 4) is 5.75 Å². The van der Waals surface area contributed by atoms with Crippen molar-refractivity contribution in [3.63, 3.8) is 0 Å². The molecule has 2 rings (SSSR count). The normalized spacial score (nSPS) is 11.9. The fourth-order valence-electron chi connectivity index (χ4n) is 1.93. The number of ketones is 1. The van der Waals surface area contributed by atoms with Crippen LogP contribution in [0.5, 0.6) is 5.75 Å². The van der Waals surface area contributed by atoms with Crippen molar-refractivity contribution in [2.24, 2.45) is 0 Å². The van der Waals surface area contributed by atoms with E-state index in [4.69, 9.17) is 9.84 Å². The average Bonchev–Trinajstić information content (AvgIpc) is 2.60. The van der Waals surface area contributed by atoms with Gasteiger partial charge in [-0.1, -0.05) is 6.08 Å². The fraction of sp³-hybridized carbons (Fsp3) is 0.111. The highest BCUT2D eigenvalue weighted by atomic mass is 16.6. The third kappa shape index (κ3) is 5.00. The van der Waals surface area contributed by atoms with Crippen LogP contribution in [0.15, 0.2) is 54.6 Å². The topological polar surface area (TPSA) is 107 Å². The summed E-state index contributed by atoms with van der Waals surface area (Å²) in [5.41, 5.74) is 1.05. The van der Waals surface area contributed by atoms with Crippen molar-refractivity contribution in [1.29, 1.82) is 0 Å². The minimum absolute atomic E-state index is 0.0188. The monoisotopic (exact) mass is 341 g/mol. The Labute approximate surface area is 143 Å². The number of ether oxygens (including phenoxy) is 1. The van der Waals surface area contributed by atoms with E-state index in [2.05, 4.69) is 0 Å². The van der Waals surface area contributed by atoms with Gasteiger partial charge in [-0.15, -0.1) is 0 Å². The van der Waals surface area contributed by atoms with Crippen molar-refractivity contribution in [1.82, 2.24) is 0 Å². The van der Waals surface area contributed by atoms with Crippen molar-refractivity contribution < 1.29 is 24.4 Å². The molecule has 0 unspecified atom stereocenters. The number of nitrogens with zero attached hydrogens (tertiary/aromatic N) is 1. The van der Waals surface area contributed by atoms with E-state index < -0.39 is 17.0 Å². The molecular formula is C18H15NO6. The first-order valence-electron chi connectivity index (χ1n) is 7.33.